The number of halogens is 1. The molecule has 18 heavy (non-hydrogen) atoms. The van der Waals surface area contributed by atoms with Gasteiger partial charge in [-0.05, 0) is 33.9 Å². The minimum atomic E-state index is 0.693. The lowest BCUT2D eigenvalue weighted by Gasteiger charge is -2.02. The number of nitrogens with zero attached hydrogens (tertiary/aromatic N) is 2. The van der Waals surface area contributed by atoms with E-state index in [0.29, 0.717) is 6.54 Å². The van der Waals surface area contributed by atoms with Crippen LogP contribution in [-0.4, -0.2) is 16.8 Å². The highest BCUT2D eigenvalue weighted by molar-refractivity contribution is 6.31. The van der Waals surface area contributed by atoms with Gasteiger partial charge in [-0.2, -0.15) is 5.10 Å². The van der Waals surface area contributed by atoms with Gasteiger partial charge in [0.15, 0.2) is 0 Å². The van der Waals surface area contributed by atoms with Gasteiger partial charge in [0.1, 0.15) is 11.5 Å². The van der Waals surface area contributed by atoms with Gasteiger partial charge in [0.05, 0.1) is 29.5 Å². The molecule has 0 spiro atoms. The van der Waals surface area contributed by atoms with Gasteiger partial charge in [0.25, 0.3) is 0 Å². The van der Waals surface area contributed by atoms with Gasteiger partial charge in [-0.3, -0.25) is 4.68 Å². The first-order valence-corrected chi connectivity index (χ1v) is 6.33. The van der Waals surface area contributed by atoms with E-state index in [0.717, 1.165) is 40.0 Å². The van der Waals surface area contributed by atoms with Crippen LogP contribution in [0.5, 0.6) is 0 Å². The predicted molar refractivity (Wildman–Crippen MR) is 72.0 cm³/mol. The van der Waals surface area contributed by atoms with Crippen LogP contribution in [0, 0.1) is 20.8 Å². The summed E-state index contributed by atoms with van der Waals surface area (Å²) in [6.45, 7) is 7.30. The summed E-state index contributed by atoms with van der Waals surface area (Å²) in [5.74, 6) is 1.88. The van der Waals surface area contributed by atoms with Crippen molar-refractivity contribution in [3.05, 3.63) is 39.6 Å². The molecular formula is C13H18ClN3O. The third-order valence-corrected chi connectivity index (χ3v) is 3.58. The lowest BCUT2D eigenvalue weighted by atomic mass is 10.2. The van der Waals surface area contributed by atoms with E-state index < -0.39 is 0 Å². The SMILES string of the molecule is CNCc1cc(Cn2nc(C)c(Cl)c2C)c(C)o1. The molecule has 0 saturated carbocycles. The van der Waals surface area contributed by atoms with E-state index in [-0.39, 0.29) is 0 Å². The molecule has 2 aromatic rings. The van der Waals surface area contributed by atoms with E-state index in [9.17, 15) is 0 Å². The maximum absolute atomic E-state index is 6.14. The average Bonchev–Trinajstić information content (AvgIpc) is 2.77. The van der Waals surface area contributed by atoms with Gasteiger partial charge in [0.2, 0.25) is 0 Å². The van der Waals surface area contributed by atoms with Crippen LogP contribution >= 0.6 is 11.6 Å². The minimum absolute atomic E-state index is 0.693. The Kier molecular flexibility index (Phi) is 3.78. The van der Waals surface area contributed by atoms with Crippen LogP contribution in [-0.2, 0) is 13.1 Å². The van der Waals surface area contributed by atoms with Crippen LogP contribution in [0.1, 0.15) is 28.5 Å². The molecule has 0 radical (unpaired) electrons. The molecule has 0 aliphatic heterocycles. The number of rotatable bonds is 4. The first kappa shape index (κ1) is 13.2. The fourth-order valence-corrected chi connectivity index (χ4v) is 2.13. The van der Waals surface area contributed by atoms with Crippen LogP contribution in [0.15, 0.2) is 10.5 Å². The number of aromatic nitrogens is 2. The Balaban J connectivity index is 2.25. The van der Waals surface area contributed by atoms with Crippen molar-refractivity contribution in [1.82, 2.24) is 15.1 Å². The topological polar surface area (TPSA) is 43.0 Å². The molecule has 2 heterocycles. The summed E-state index contributed by atoms with van der Waals surface area (Å²) >= 11 is 6.14. The number of aryl methyl sites for hydroxylation is 2. The summed E-state index contributed by atoms with van der Waals surface area (Å²) in [6.07, 6.45) is 0. The van der Waals surface area contributed by atoms with Gasteiger partial charge < -0.3 is 9.73 Å². The summed E-state index contributed by atoms with van der Waals surface area (Å²) in [7, 11) is 1.90. The summed E-state index contributed by atoms with van der Waals surface area (Å²) in [5, 5.41) is 8.25. The minimum Gasteiger partial charge on any atom is -0.465 e. The van der Waals surface area contributed by atoms with Crippen LogP contribution in [0.3, 0.4) is 0 Å². The van der Waals surface area contributed by atoms with Crippen molar-refractivity contribution < 1.29 is 4.42 Å². The molecular weight excluding hydrogens is 250 g/mol. The zero-order valence-electron chi connectivity index (χ0n) is 11.2. The third-order valence-electron chi connectivity index (χ3n) is 3.04. The Bertz CT molecular complexity index is 557. The molecule has 0 atom stereocenters. The third kappa shape index (κ3) is 2.44. The van der Waals surface area contributed by atoms with Crippen molar-refractivity contribution in [2.75, 3.05) is 7.05 Å². The summed E-state index contributed by atoms with van der Waals surface area (Å²) in [5.41, 5.74) is 3.00. The first-order valence-electron chi connectivity index (χ1n) is 5.95. The van der Waals surface area contributed by atoms with Gasteiger partial charge in [0, 0.05) is 5.56 Å². The zero-order valence-corrected chi connectivity index (χ0v) is 11.9. The number of nitrogens with one attached hydrogen (secondary N) is 1. The second-order valence-corrected chi connectivity index (χ2v) is 4.84. The van der Waals surface area contributed by atoms with E-state index >= 15 is 0 Å². The van der Waals surface area contributed by atoms with Gasteiger partial charge in [-0.25, -0.2) is 0 Å². The molecule has 5 heteroatoms. The van der Waals surface area contributed by atoms with Gasteiger partial charge in [-0.15, -0.1) is 0 Å². The molecule has 0 amide bonds. The maximum Gasteiger partial charge on any atom is 0.118 e. The number of hydrogen-bond acceptors (Lipinski definition) is 3. The van der Waals surface area contributed by atoms with E-state index in [1.54, 1.807) is 0 Å². The van der Waals surface area contributed by atoms with E-state index in [1.165, 1.54) is 0 Å². The molecule has 0 fully saturated rings. The van der Waals surface area contributed by atoms with Crippen molar-refractivity contribution in [1.29, 1.82) is 0 Å². The average molecular weight is 268 g/mol. The monoisotopic (exact) mass is 267 g/mol. The Morgan fingerprint density at radius 2 is 2.11 bits per heavy atom. The summed E-state index contributed by atoms with van der Waals surface area (Å²) < 4.78 is 7.58. The molecule has 0 aromatic carbocycles. The summed E-state index contributed by atoms with van der Waals surface area (Å²) in [4.78, 5) is 0. The first-order chi connectivity index (χ1) is 8.52. The van der Waals surface area contributed by atoms with Crippen LogP contribution in [0.4, 0.5) is 0 Å². The van der Waals surface area contributed by atoms with Crippen molar-refractivity contribution >= 4 is 11.6 Å². The Morgan fingerprint density at radius 3 is 2.67 bits per heavy atom. The van der Waals surface area contributed by atoms with Crippen molar-refractivity contribution in [3.63, 3.8) is 0 Å². The highest BCUT2D eigenvalue weighted by Gasteiger charge is 2.12. The van der Waals surface area contributed by atoms with Gasteiger partial charge in [-0.1, -0.05) is 11.6 Å². The largest absolute Gasteiger partial charge is 0.465 e. The quantitative estimate of drug-likeness (QED) is 0.926. The smallest absolute Gasteiger partial charge is 0.118 e. The number of furan rings is 1. The number of hydrogen-bond donors (Lipinski definition) is 1. The summed E-state index contributed by atoms with van der Waals surface area (Å²) in [6, 6.07) is 2.07. The van der Waals surface area contributed by atoms with E-state index in [4.69, 9.17) is 16.0 Å². The molecule has 2 aromatic heterocycles. The molecule has 2 rings (SSSR count). The second kappa shape index (κ2) is 5.16. The van der Waals surface area contributed by atoms with Crippen molar-refractivity contribution in [2.45, 2.75) is 33.9 Å². The van der Waals surface area contributed by atoms with Crippen molar-refractivity contribution in [3.8, 4) is 0 Å². The van der Waals surface area contributed by atoms with Crippen molar-refractivity contribution in [2.24, 2.45) is 0 Å². The Labute approximate surface area is 112 Å². The predicted octanol–water partition coefficient (Wildman–Crippen LogP) is 2.82. The lowest BCUT2D eigenvalue weighted by Crippen LogP contribution is -2.05. The Morgan fingerprint density at radius 1 is 1.39 bits per heavy atom. The van der Waals surface area contributed by atoms with Crippen LogP contribution < -0.4 is 5.32 Å². The molecule has 0 aliphatic carbocycles. The normalized spacial score (nSPS) is 11.2. The van der Waals surface area contributed by atoms with Crippen LogP contribution in [0.25, 0.3) is 0 Å². The highest BCUT2D eigenvalue weighted by atomic mass is 35.5. The molecule has 0 unspecified atom stereocenters. The molecule has 0 bridgehead atoms. The fourth-order valence-electron chi connectivity index (χ4n) is 2.00. The highest BCUT2D eigenvalue weighted by Crippen LogP contribution is 2.22. The molecule has 1 N–H and O–H groups in total. The Hall–Kier alpha value is -1.26. The van der Waals surface area contributed by atoms with Crippen LogP contribution in [0.2, 0.25) is 5.02 Å². The standard InChI is InChI=1S/C13H18ClN3O/c1-8-13(14)9(2)17(16-8)7-11-5-12(6-15-4)18-10(11)3/h5,15H,6-7H2,1-4H3. The van der Waals surface area contributed by atoms with E-state index in [1.807, 2.05) is 32.5 Å². The fraction of sp³-hybridized carbons (Fsp3) is 0.462. The molecule has 0 aliphatic rings. The second-order valence-electron chi connectivity index (χ2n) is 4.47. The molecule has 4 nitrogen and oxygen atoms in total. The van der Waals surface area contributed by atoms with E-state index in [2.05, 4.69) is 16.5 Å². The molecule has 98 valence electrons. The lowest BCUT2D eigenvalue weighted by molar-refractivity contribution is 0.467. The van der Waals surface area contributed by atoms with Gasteiger partial charge >= 0.3 is 0 Å². The molecule has 0 saturated heterocycles. The maximum atomic E-state index is 6.14. The zero-order chi connectivity index (χ0) is 13.3.